The number of hydrogen-bond donors (Lipinski definition) is 5. The SMILES string of the molecule is CN1CCC=C(c2nc(N)sc2Cl)C1.O=C(O)/C=C/C(=O)O.O=C(O)/C=C/C(=O)O. The van der Waals surface area contributed by atoms with Gasteiger partial charge in [-0.1, -0.05) is 29.0 Å². The van der Waals surface area contributed by atoms with E-state index in [1.54, 1.807) is 0 Å². The summed E-state index contributed by atoms with van der Waals surface area (Å²) in [5.41, 5.74) is 7.66. The monoisotopic (exact) mass is 461 g/mol. The lowest BCUT2D eigenvalue weighted by Crippen LogP contribution is -2.25. The van der Waals surface area contributed by atoms with Crippen molar-refractivity contribution < 1.29 is 39.6 Å². The quantitative estimate of drug-likeness (QED) is 0.399. The Bertz CT molecular complexity index is 797. The number of likely N-dealkylation sites (N-methyl/N-ethyl adjacent to an activating group) is 1. The molecule has 1 aromatic heterocycles. The van der Waals surface area contributed by atoms with Crippen LogP contribution in [0.5, 0.6) is 0 Å². The lowest BCUT2D eigenvalue weighted by Gasteiger charge is -2.21. The maximum absolute atomic E-state index is 9.55. The zero-order valence-corrected chi connectivity index (χ0v) is 17.3. The number of aliphatic carboxylic acids is 4. The molecule has 1 aliphatic rings. The second-order valence-electron chi connectivity index (χ2n) is 5.45. The number of nitrogens with zero attached hydrogens (tertiary/aromatic N) is 2. The fraction of sp³-hybridized carbons (Fsp3) is 0.235. The van der Waals surface area contributed by atoms with Gasteiger partial charge in [0.2, 0.25) is 0 Å². The Morgan fingerprint density at radius 1 is 1.03 bits per heavy atom. The largest absolute Gasteiger partial charge is 0.478 e. The average molecular weight is 462 g/mol. The lowest BCUT2D eigenvalue weighted by atomic mass is 10.1. The maximum Gasteiger partial charge on any atom is 0.328 e. The number of nitrogens with two attached hydrogens (primary N) is 1. The van der Waals surface area contributed by atoms with Crippen molar-refractivity contribution in [1.29, 1.82) is 0 Å². The molecule has 2 heterocycles. The first-order chi connectivity index (χ1) is 13.9. The third-order valence-corrected chi connectivity index (χ3v) is 4.07. The highest BCUT2D eigenvalue weighted by molar-refractivity contribution is 7.19. The van der Waals surface area contributed by atoms with E-state index >= 15 is 0 Å². The molecular weight excluding hydrogens is 442 g/mol. The Labute approximate surface area is 180 Å². The highest BCUT2D eigenvalue weighted by Gasteiger charge is 2.16. The summed E-state index contributed by atoms with van der Waals surface area (Å²) in [6.07, 6.45) is 5.48. The summed E-state index contributed by atoms with van der Waals surface area (Å²) < 4.78 is 0.698. The number of anilines is 1. The van der Waals surface area contributed by atoms with Gasteiger partial charge in [0.25, 0.3) is 0 Å². The van der Waals surface area contributed by atoms with Crippen LogP contribution < -0.4 is 5.73 Å². The molecule has 11 nitrogen and oxygen atoms in total. The van der Waals surface area contributed by atoms with Crippen molar-refractivity contribution in [2.75, 3.05) is 25.9 Å². The highest BCUT2D eigenvalue weighted by atomic mass is 35.5. The molecule has 0 bridgehead atoms. The number of hydrogen-bond acceptors (Lipinski definition) is 8. The zero-order valence-electron chi connectivity index (χ0n) is 15.7. The van der Waals surface area contributed by atoms with Crippen LogP contribution >= 0.6 is 22.9 Å². The Morgan fingerprint density at radius 3 is 1.77 bits per heavy atom. The average Bonchev–Trinajstić information content (AvgIpc) is 2.97. The summed E-state index contributed by atoms with van der Waals surface area (Å²) in [6, 6.07) is 0. The van der Waals surface area contributed by atoms with Crippen molar-refractivity contribution >= 4 is 57.5 Å². The predicted molar refractivity (Wildman–Crippen MR) is 110 cm³/mol. The van der Waals surface area contributed by atoms with Gasteiger partial charge >= 0.3 is 23.9 Å². The number of carbonyl (C=O) groups is 4. The van der Waals surface area contributed by atoms with Gasteiger partial charge in [-0.25, -0.2) is 24.2 Å². The van der Waals surface area contributed by atoms with E-state index in [1.165, 1.54) is 16.9 Å². The second-order valence-corrected chi connectivity index (χ2v) is 7.08. The van der Waals surface area contributed by atoms with Crippen molar-refractivity contribution in [3.05, 3.63) is 40.4 Å². The van der Waals surface area contributed by atoms with Crippen LogP contribution in [0.25, 0.3) is 5.57 Å². The fourth-order valence-corrected chi connectivity index (χ4v) is 2.86. The van der Waals surface area contributed by atoms with Crippen LogP contribution in [-0.4, -0.2) is 74.3 Å². The van der Waals surface area contributed by atoms with Crippen molar-refractivity contribution in [2.24, 2.45) is 0 Å². The third-order valence-electron chi connectivity index (χ3n) is 2.99. The van der Waals surface area contributed by atoms with Crippen LogP contribution in [0.3, 0.4) is 0 Å². The first-order valence-corrected chi connectivity index (χ1v) is 9.19. The summed E-state index contributed by atoms with van der Waals surface area (Å²) in [7, 11) is 2.09. The van der Waals surface area contributed by atoms with Crippen LogP contribution in [0.2, 0.25) is 4.34 Å². The lowest BCUT2D eigenvalue weighted by molar-refractivity contribution is -0.134. The van der Waals surface area contributed by atoms with Gasteiger partial charge in [-0.15, -0.1) is 0 Å². The molecule has 1 aliphatic heterocycles. The van der Waals surface area contributed by atoms with Crippen LogP contribution in [0.1, 0.15) is 12.1 Å². The Morgan fingerprint density at radius 2 is 1.47 bits per heavy atom. The number of rotatable bonds is 5. The topological polar surface area (TPSA) is 191 Å². The summed E-state index contributed by atoms with van der Waals surface area (Å²) in [4.78, 5) is 44.7. The van der Waals surface area contributed by atoms with Crippen molar-refractivity contribution in [2.45, 2.75) is 6.42 Å². The van der Waals surface area contributed by atoms with E-state index in [0.29, 0.717) is 33.8 Å². The number of halogens is 1. The van der Waals surface area contributed by atoms with Crippen molar-refractivity contribution in [1.82, 2.24) is 9.88 Å². The van der Waals surface area contributed by atoms with Crippen molar-refractivity contribution in [3.8, 4) is 0 Å². The molecule has 0 radical (unpaired) electrons. The molecule has 164 valence electrons. The highest BCUT2D eigenvalue weighted by Crippen LogP contribution is 2.32. The Hall–Kier alpha value is -3.22. The Kier molecular flexibility index (Phi) is 12.4. The number of aromatic nitrogens is 1. The molecule has 0 unspecified atom stereocenters. The van der Waals surface area contributed by atoms with Crippen LogP contribution in [0, 0.1) is 0 Å². The summed E-state index contributed by atoms with van der Waals surface area (Å²) >= 11 is 7.38. The first kappa shape index (κ1) is 26.8. The van der Waals surface area contributed by atoms with Gasteiger partial charge in [-0.3, -0.25) is 0 Å². The van der Waals surface area contributed by atoms with Crippen LogP contribution in [0.4, 0.5) is 5.13 Å². The van der Waals surface area contributed by atoms with Gasteiger partial charge in [-0.2, -0.15) is 0 Å². The number of thiazole rings is 1. The van der Waals surface area contributed by atoms with Gasteiger partial charge in [0.1, 0.15) is 4.34 Å². The molecule has 0 amide bonds. The minimum absolute atomic E-state index is 0.541. The maximum atomic E-state index is 9.55. The minimum Gasteiger partial charge on any atom is -0.478 e. The van der Waals surface area contributed by atoms with E-state index in [4.69, 9.17) is 37.8 Å². The van der Waals surface area contributed by atoms with Crippen LogP contribution in [0.15, 0.2) is 30.4 Å². The van der Waals surface area contributed by atoms with Gasteiger partial charge in [-0.05, 0) is 19.0 Å². The molecule has 13 heteroatoms. The zero-order chi connectivity index (χ0) is 23.3. The standard InChI is InChI=1S/C9H12ClN3S.2C4H4O4/c1-13-4-2-3-6(5-13)7-8(10)14-9(11)12-7;2*5-3(6)1-2-4(7)8/h3H,2,4-5H2,1H3,(H2,11,12);2*1-2H,(H,5,6)(H,7,8)/b;2*2-1+. The molecular formula is C17H20ClN3O8S. The smallest absolute Gasteiger partial charge is 0.328 e. The van der Waals surface area contributed by atoms with E-state index in [1.807, 2.05) is 0 Å². The molecule has 6 N–H and O–H groups in total. The van der Waals surface area contributed by atoms with E-state index in [0.717, 1.165) is 25.2 Å². The van der Waals surface area contributed by atoms with E-state index in [-0.39, 0.29) is 0 Å². The molecule has 1 aromatic rings. The molecule has 0 aromatic carbocycles. The van der Waals surface area contributed by atoms with Gasteiger partial charge in [0.15, 0.2) is 5.13 Å². The predicted octanol–water partition coefficient (Wildman–Crippen LogP) is 1.52. The van der Waals surface area contributed by atoms with E-state index < -0.39 is 23.9 Å². The van der Waals surface area contributed by atoms with Crippen molar-refractivity contribution in [3.63, 3.8) is 0 Å². The summed E-state index contributed by atoms with van der Waals surface area (Å²) in [5.74, 6) is -5.03. The molecule has 0 aliphatic carbocycles. The van der Waals surface area contributed by atoms with E-state index in [9.17, 15) is 19.2 Å². The molecule has 0 saturated carbocycles. The van der Waals surface area contributed by atoms with Crippen LogP contribution in [-0.2, 0) is 19.2 Å². The van der Waals surface area contributed by atoms with Gasteiger partial charge in [0.05, 0.1) is 5.69 Å². The number of carboxylic acid groups (broad SMARTS) is 4. The second kappa shape index (κ2) is 13.9. The summed E-state index contributed by atoms with van der Waals surface area (Å²) in [6.45, 7) is 2.00. The van der Waals surface area contributed by atoms with Gasteiger partial charge in [0, 0.05) is 37.4 Å². The summed E-state index contributed by atoms with van der Waals surface area (Å²) in [5, 5.41) is 31.8. The molecule has 2 rings (SSSR count). The number of nitrogen functional groups attached to an aromatic ring is 1. The number of carboxylic acids is 4. The molecule has 0 saturated heterocycles. The normalized spacial score (nSPS) is 13.6. The molecule has 0 fully saturated rings. The minimum atomic E-state index is -1.26. The molecule has 30 heavy (non-hydrogen) atoms. The Balaban J connectivity index is 0.000000456. The molecule has 0 spiro atoms. The third kappa shape index (κ3) is 13.0. The van der Waals surface area contributed by atoms with Gasteiger partial charge < -0.3 is 31.1 Å². The first-order valence-electron chi connectivity index (χ1n) is 8.00. The fourth-order valence-electron chi connectivity index (χ4n) is 1.87. The molecule has 0 atom stereocenters. The van der Waals surface area contributed by atoms with E-state index in [2.05, 4.69) is 23.0 Å².